The summed E-state index contributed by atoms with van der Waals surface area (Å²) in [4.78, 5) is 14.2. The molecule has 31 heavy (non-hydrogen) atoms. The van der Waals surface area contributed by atoms with Gasteiger partial charge in [-0.3, -0.25) is 4.79 Å². The van der Waals surface area contributed by atoms with Gasteiger partial charge in [-0.1, -0.05) is 56.3 Å². The Morgan fingerprint density at radius 1 is 1.06 bits per heavy atom. The summed E-state index contributed by atoms with van der Waals surface area (Å²) in [5.74, 6) is -0.420. The largest absolute Gasteiger partial charge is 0.367 e. The smallest absolute Gasteiger partial charge is 0.248 e. The van der Waals surface area contributed by atoms with E-state index < -0.39 is 5.91 Å². The van der Waals surface area contributed by atoms with Gasteiger partial charge >= 0.3 is 0 Å². The highest BCUT2D eigenvalue weighted by Crippen LogP contribution is 2.44. The Bertz CT molecular complexity index is 1100. The van der Waals surface area contributed by atoms with Crippen LogP contribution in [0.25, 0.3) is 11.1 Å². The van der Waals surface area contributed by atoms with Crippen molar-refractivity contribution in [3.05, 3.63) is 89.0 Å². The van der Waals surface area contributed by atoms with Crippen LogP contribution in [0.3, 0.4) is 0 Å². The fourth-order valence-corrected chi connectivity index (χ4v) is 4.51. The molecule has 0 fully saturated rings. The third kappa shape index (κ3) is 4.21. The number of hydrogen-bond donors (Lipinski definition) is 2. The number of nitrogens with zero attached hydrogens (tertiary/aromatic N) is 1. The molecule has 160 valence electrons. The Morgan fingerprint density at radius 3 is 2.48 bits per heavy atom. The summed E-state index contributed by atoms with van der Waals surface area (Å²) in [5, 5.41) is 0. The molecule has 1 atom stereocenters. The van der Waals surface area contributed by atoms with Crippen LogP contribution in [0.2, 0.25) is 0 Å². The summed E-state index contributed by atoms with van der Waals surface area (Å²) in [6, 6.07) is 22.5. The number of carbonyl (C=O) groups is 1. The molecule has 1 amide bonds. The monoisotopic (exact) mass is 413 g/mol. The van der Waals surface area contributed by atoms with Crippen molar-refractivity contribution in [2.24, 2.45) is 11.5 Å². The van der Waals surface area contributed by atoms with Crippen molar-refractivity contribution < 1.29 is 4.79 Å². The Hall–Kier alpha value is -3.11. The molecular weight excluding hydrogens is 382 g/mol. The zero-order chi connectivity index (χ0) is 22.2. The predicted octanol–water partition coefficient (Wildman–Crippen LogP) is 5.16. The number of primary amides is 1. The number of amides is 1. The standard InChI is InChI=1S/C27H31N3O/c1-18(28)22-16-25-24(15-23(22)20-10-7-11-21(14-20)26(29)31)27(2,3)12-13-30(25)17-19-8-5-4-6-9-19/h4-11,14-16,18H,12-13,17,28H2,1-3H3,(H2,29,31). The van der Waals surface area contributed by atoms with Crippen molar-refractivity contribution in [1.29, 1.82) is 0 Å². The second-order valence-corrected chi connectivity index (χ2v) is 9.23. The third-order valence-electron chi connectivity index (χ3n) is 6.41. The minimum atomic E-state index is -0.420. The summed E-state index contributed by atoms with van der Waals surface area (Å²) in [6.45, 7) is 8.50. The first-order valence-electron chi connectivity index (χ1n) is 10.9. The van der Waals surface area contributed by atoms with E-state index in [0.717, 1.165) is 36.2 Å². The van der Waals surface area contributed by atoms with Crippen molar-refractivity contribution in [1.82, 2.24) is 0 Å². The van der Waals surface area contributed by atoms with Gasteiger partial charge in [0.25, 0.3) is 0 Å². The topological polar surface area (TPSA) is 72.3 Å². The number of carbonyl (C=O) groups excluding carboxylic acids is 1. The number of hydrogen-bond acceptors (Lipinski definition) is 3. The molecule has 3 aromatic carbocycles. The van der Waals surface area contributed by atoms with Crippen LogP contribution in [0.4, 0.5) is 5.69 Å². The molecule has 0 aliphatic carbocycles. The van der Waals surface area contributed by atoms with Crippen LogP contribution in [0.5, 0.6) is 0 Å². The quantitative estimate of drug-likeness (QED) is 0.607. The average molecular weight is 414 g/mol. The minimum absolute atomic E-state index is 0.0505. The van der Waals surface area contributed by atoms with Gasteiger partial charge in [0.15, 0.2) is 0 Å². The van der Waals surface area contributed by atoms with Gasteiger partial charge in [0, 0.05) is 30.4 Å². The lowest BCUT2D eigenvalue weighted by atomic mass is 9.75. The molecule has 4 rings (SSSR count). The van der Waals surface area contributed by atoms with Gasteiger partial charge in [0.2, 0.25) is 5.91 Å². The third-order valence-corrected chi connectivity index (χ3v) is 6.41. The lowest BCUT2D eigenvalue weighted by Crippen LogP contribution is -2.37. The molecule has 1 heterocycles. The predicted molar refractivity (Wildman–Crippen MR) is 128 cm³/mol. The van der Waals surface area contributed by atoms with E-state index in [2.05, 4.69) is 61.2 Å². The maximum Gasteiger partial charge on any atom is 0.248 e. The van der Waals surface area contributed by atoms with E-state index in [4.69, 9.17) is 11.5 Å². The summed E-state index contributed by atoms with van der Waals surface area (Å²) in [6.07, 6.45) is 1.07. The van der Waals surface area contributed by atoms with Gasteiger partial charge in [0.05, 0.1) is 0 Å². The van der Waals surface area contributed by atoms with E-state index in [1.807, 2.05) is 25.1 Å². The molecule has 4 N–H and O–H groups in total. The number of benzene rings is 3. The van der Waals surface area contributed by atoms with Crippen molar-refractivity contribution in [2.45, 2.75) is 45.2 Å². The molecule has 3 aromatic rings. The molecule has 0 saturated heterocycles. The van der Waals surface area contributed by atoms with Crippen LogP contribution < -0.4 is 16.4 Å². The van der Waals surface area contributed by atoms with E-state index in [0.29, 0.717) is 5.56 Å². The molecule has 0 radical (unpaired) electrons. The summed E-state index contributed by atoms with van der Waals surface area (Å²) >= 11 is 0. The highest BCUT2D eigenvalue weighted by atomic mass is 16.1. The van der Waals surface area contributed by atoms with Gasteiger partial charge < -0.3 is 16.4 Å². The fourth-order valence-electron chi connectivity index (χ4n) is 4.51. The van der Waals surface area contributed by atoms with Crippen LogP contribution in [0.1, 0.15) is 60.3 Å². The van der Waals surface area contributed by atoms with Crippen LogP contribution in [-0.2, 0) is 12.0 Å². The summed E-state index contributed by atoms with van der Waals surface area (Å²) in [7, 11) is 0. The van der Waals surface area contributed by atoms with Crippen molar-refractivity contribution in [3.8, 4) is 11.1 Å². The fraction of sp³-hybridized carbons (Fsp3) is 0.296. The first-order chi connectivity index (χ1) is 14.8. The van der Waals surface area contributed by atoms with E-state index >= 15 is 0 Å². The van der Waals surface area contributed by atoms with Crippen molar-refractivity contribution in [3.63, 3.8) is 0 Å². The normalized spacial score (nSPS) is 15.9. The van der Waals surface area contributed by atoms with Crippen LogP contribution in [0, 0.1) is 0 Å². The maximum absolute atomic E-state index is 11.7. The molecule has 4 heteroatoms. The molecular formula is C27H31N3O. The molecule has 1 aliphatic rings. The molecule has 1 unspecified atom stereocenters. The van der Waals surface area contributed by atoms with E-state index in [-0.39, 0.29) is 11.5 Å². The average Bonchev–Trinajstić information content (AvgIpc) is 2.76. The molecule has 0 bridgehead atoms. The van der Waals surface area contributed by atoms with E-state index in [1.165, 1.54) is 16.8 Å². The number of nitrogens with two attached hydrogens (primary N) is 2. The van der Waals surface area contributed by atoms with E-state index in [9.17, 15) is 4.79 Å². The SMILES string of the molecule is CC(N)c1cc2c(cc1-c1cccc(C(N)=O)c1)C(C)(C)CCN2Cc1ccccc1. The second kappa shape index (κ2) is 8.20. The maximum atomic E-state index is 11.7. The summed E-state index contributed by atoms with van der Waals surface area (Å²) < 4.78 is 0. The Balaban J connectivity index is 1.86. The van der Waals surface area contributed by atoms with Gasteiger partial charge in [-0.25, -0.2) is 0 Å². The molecule has 0 spiro atoms. The zero-order valence-corrected chi connectivity index (χ0v) is 18.6. The highest BCUT2D eigenvalue weighted by Gasteiger charge is 2.32. The highest BCUT2D eigenvalue weighted by molar-refractivity contribution is 5.94. The first-order valence-corrected chi connectivity index (χ1v) is 10.9. The van der Waals surface area contributed by atoms with Crippen LogP contribution >= 0.6 is 0 Å². The zero-order valence-electron chi connectivity index (χ0n) is 18.6. The van der Waals surface area contributed by atoms with E-state index in [1.54, 1.807) is 6.07 Å². The van der Waals surface area contributed by atoms with Crippen LogP contribution in [-0.4, -0.2) is 12.5 Å². The Kier molecular flexibility index (Phi) is 5.59. The lowest BCUT2D eigenvalue weighted by molar-refractivity contribution is 0.100. The van der Waals surface area contributed by atoms with Crippen molar-refractivity contribution in [2.75, 3.05) is 11.4 Å². The van der Waals surface area contributed by atoms with Gasteiger partial charge in [-0.15, -0.1) is 0 Å². The number of rotatable bonds is 5. The minimum Gasteiger partial charge on any atom is -0.367 e. The lowest BCUT2D eigenvalue weighted by Gasteiger charge is -2.41. The molecule has 0 saturated carbocycles. The molecule has 0 aromatic heterocycles. The summed E-state index contributed by atoms with van der Waals surface area (Å²) in [5.41, 5.74) is 19.5. The van der Waals surface area contributed by atoms with Crippen LogP contribution in [0.15, 0.2) is 66.7 Å². The van der Waals surface area contributed by atoms with Gasteiger partial charge in [-0.2, -0.15) is 0 Å². The van der Waals surface area contributed by atoms with Crippen molar-refractivity contribution >= 4 is 11.6 Å². The number of anilines is 1. The Morgan fingerprint density at radius 2 is 1.81 bits per heavy atom. The second-order valence-electron chi connectivity index (χ2n) is 9.23. The first kappa shape index (κ1) is 21.1. The molecule has 4 nitrogen and oxygen atoms in total. The molecule has 1 aliphatic heterocycles. The number of fused-ring (bicyclic) bond motifs is 1. The van der Waals surface area contributed by atoms with Gasteiger partial charge in [0.1, 0.15) is 0 Å². The Labute approximate surface area is 184 Å². The van der Waals surface area contributed by atoms with Gasteiger partial charge in [-0.05, 0) is 70.8 Å².